The minimum Gasteiger partial charge on any atom is -0.271 e. The van der Waals surface area contributed by atoms with Gasteiger partial charge in [0, 0.05) is 13.0 Å². The molecule has 108 valence electrons. The first-order valence-corrected chi connectivity index (χ1v) is 7.08. The van der Waals surface area contributed by atoms with E-state index in [-0.39, 0.29) is 6.04 Å². The predicted octanol–water partition coefficient (Wildman–Crippen LogP) is 2.17. The van der Waals surface area contributed by atoms with Crippen molar-refractivity contribution in [2.24, 2.45) is 5.84 Å². The molecule has 0 fully saturated rings. The molecular formula is C15H23N5. The van der Waals surface area contributed by atoms with E-state index in [1.807, 2.05) is 4.68 Å². The summed E-state index contributed by atoms with van der Waals surface area (Å²) >= 11 is 0. The lowest BCUT2D eigenvalue weighted by Crippen LogP contribution is -2.30. The van der Waals surface area contributed by atoms with E-state index < -0.39 is 0 Å². The van der Waals surface area contributed by atoms with Gasteiger partial charge in [-0.15, -0.1) is 0 Å². The molecule has 0 saturated heterocycles. The lowest BCUT2D eigenvalue weighted by molar-refractivity contribution is 0.510. The highest BCUT2D eigenvalue weighted by atomic mass is 15.3. The minimum atomic E-state index is 0.0470. The Balaban J connectivity index is 2.15. The summed E-state index contributed by atoms with van der Waals surface area (Å²) in [6.07, 6.45) is 2.32. The molecular weight excluding hydrogens is 250 g/mol. The van der Waals surface area contributed by atoms with Crippen LogP contribution < -0.4 is 11.3 Å². The topological polar surface area (TPSA) is 68.8 Å². The Kier molecular flexibility index (Phi) is 4.87. The lowest BCUT2D eigenvalue weighted by atomic mass is 9.98. The van der Waals surface area contributed by atoms with Gasteiger partial charge in [-0.2, -0.15) is 5.10 Å². The molecule has 2 aromatic rings. The Hall–Kier alpha value is -1.72. The van der Waals surface area contributed by atoms with Gasteiger partial charge in [0.15, 0.2) is 0 Å². The number of nitrogens with zero attached hydrogens (tertiary/aromatic N) is 3. The highest BCUT2D eigenvalue weighted by Crippen LogP contribution is 2.20. The summed E-state index contributed by atoms with van der Waals surface area (Å²) in [5.41, 5.74) is 5.38. The van der Waals surface area contributed by atoms with Gasteiger partial charge >= 0.3 is 0 Å². The van der Waals surface area contributed by atoms with E-state index in [1.165, 1.54) is 11.1 Å². The maximum atomic E-state index is 5.70. The second kappa shape index (κ2) is 6.63. The number of hydrazine groups is 1. The second-order valence-electron chi connectivity index (χ2n) is 5.24. The maximum absolute atomic E-state index is 5.70. The fraction of sp³-hybridized carbons (Fsp3) is 0.467. The molecule has 1 atom stereocenters. The molecule has 1 unspecified atom stereocenters. The average molecular weight is 273 g/mol. The van der Waals surface area contributed by atoms with Crippen LogP contribution in [0.15, 0.2) is 30.6 Å². The molecule has 0 saturated carbocycles. The van der Waals surface area contributed by atoms with Crippen LogP contribution in [-0.4, -0.2) is 14.8 Å². The molecule has 0 spiro atoms. The molecule has 20 heavy (non-hydrogen) atoms. The first-order chi connectivity index (χ1) is 9.65. The monoisotopic (exact) mass is 273 g/mol. The third kappa shape index (κ3) is 3.23. The van der Waals surface area contributed by atoms with Crippen molar-refractivity contribution in [2.45, 2.75) is 45.7 Å². The first kappa shape index (κ1) is 14.7. The number of hydrogen-bond donors (Lipinski definition) is 2. The average Bonchev–Trinajstić information content (AvgIpc) is 2.92. The number of hydrogen-bond acceptors (Lipinski definition) is 4. The summed E-state index contributed by atoms with van der Waals surface area (Å²) in [6, 6.07) is 8.63. The summed E-state index contributed by atoms with van der Waals surface area (Å²) in [4.78, 5) is 4.30. The third-order valence-corrected chi connectivity index (χ3v) is 3.59. The summed E-state index contributed by atoms with van der Waals surface area (Å²) in [5.74, 6) is 7.19. The van der Waals surface area contributed by atoms with Gasteiger partial charge in [0.25, 0.3) is 0 Å². The molecule has 1 aromatic carbocycles. The molecule has 0 radical (unpaired) electrons. The van der Waals surface area contributed by atoms with Gasteiger partial charge in [0.1, 0.15) is 12.2 Å². The molecule has 0 aliphatic rings. The van der Waals surface area contributed by atoms with E-state index in [0.717, 1.165) is 18.8 Å². The molecule has 3 N–H and O–H groups in total. The fourth-order valence-electron chi connectivity index (χ4n) is 2.28. The van der Waals surface area contributed by atoms with E-state index in [9.17, 15) is 0 Å². The molecule has 5 nitrogen and oxygen atoms in total. The van der Waals surface area contributed by atoms with E-state index in [1.54, 1.807) is 6.33 Å². The van der Waals surface area contributed by atoms with Crippen LogP contribution in [0.5, 0.6) is 0 Å². The number of aromatic nitrogens is 3. The Morgan fingerprint density at radius 1 is 1.20 bits per heavy atom. The third-order valence-electron chi connectivity index (χ3n) is 3.59. The van der Waals surface area contributed by atoms with Crippen molar-refractivity contribution in [3.8, 4) is 0 Å². The van der Waals surface area contributed by atoms with Crippen LogP contribution in [0.2, 0.25) is 0 Å². The SMILES string of the molecule is CCn1ncnc1CC(NN)c1ccc(C(C)C)cc1. The van der Waals surface area contributed by atoms with Crippen LogP contribution in [0.3, 0.4) is 0 Å². The first-order valence-electron chi connectivity index (χ1n) is 7.08. The highest BCUT2D eigenvalue weighted by molar-refractivity contribution is 5.27. The summed E-state index contributed by atoms with van der Waals surface area (Å²) in [5, 5.41) is 4.19. The van der Waals surface area contributed by atoms with Crippen LogP contribution in [0, 0.1) is 0 Å². The van der Waals surface area contributed by atoms with Gasteiger partial charge in [-0.25, -0.2) is 4.98 Å². The standard InChI is InChI=1S/C15H23N5/c1-4-20-15(17-10-18-20)9-14(19-16)13-7-5-12(6-8-13)11(2)3/h5-8,10-11,14,19H,4,9,16H2,1-3H3. The van der Waals surface area contributed by atoms with Gasteiger partial charge in [0.2, 0.25) is 0 Å². The van der Waals surface area contributed by atoms with E-state index in [4.69, 9.17) is 5.84 Å². The van der Waals surface area contributed by atoms with Crippen LogP contribution >= 0.6 is 0 Å². The molecule has 0 aliphatic carbocycles. The number of aryl methyl sites for hydroxylation is 1. The fourth-order valence-corrected chi connectivity index (χ4v) is 2.28. The normalized spacial score (nSPS) is 12.8. The van der Waals surface area contributed by atoms with Crippen LogP contribution in [0.25, 0.3) is 0 Å². The minimum absolute atomic E-state index is 0.0470. The van der Waals surface area contributed by atoms with E-state index in [0.29, 0.717) is 5.92 Å². The van der Waals surface area contributed by atoms with Crippen molar-refractivity contribution in [3.05, 3.63) is 47.5 Å². The van der Waals surface area contributed by atoms with Crippen molar-refractivity contribution in [1.29, 1.82) is 0 Å². The van der Waals surface area contributed by atoms with Crippen LogP contribution in [0.4, 0.5) is 0 Å². The lowest BCUT2D eigenvalue weighted by Gasteiger charge is -2.17. The number of nitrogens with two attached hydrogens (primary N) is 1. The molecule has 2 rings (SSSR count). The Labute approximate surface area is 120 Å². The Bertz CT molecular complexity index is 529. The summed E-state index contributed by atoms with van der Waals surface area (Å²) < 4.78 is 1.90. The molecule has 5 heteroatoms. The largest absolute Gasteiger partial charge is 0.271 e. The van der Waals surface area contributed by atoms with Crippen molar-refractivity contribution in [3.63, 3.8) is 0 Å². The van der Waals surface area contributed by atoms with Gasteiger partial charge in [-0.1, -0.05) is 38.1 Å². The van der Waals surface area contributed by atoms with Crippen molar-refractivity contribution in [2.75, 3.05) is 0 Å². The Morgan fingerprint density at radius 2 is 1.85 bits per heavy atom. The quantitative estimate of drug-likeness (QED) is 0.625. The predicted molar refractivity (Wildman–Crippen MR) is 80.0 cm³/mol. The van der Waals surface area contributed by atoms with E-state index in [2.05, 4.69) is 60.5 Å². The zero-order valence-corrected chi connectivity index (χ0v) is 12.4. The zero-order valence-electron chi connectivity index (χ0n) is 12.4. The molecule has 1 heterocycles. The zero-order chi connectivity index (χ0) is 14.5. The number of nitrogens with one attached hydrogen (secondary N) is 1. The van der Waals surface area contributed by atoms with Crippen LogP contribution in [-0.2, 0) is 13.0 Å². The summed E-state index contributed by atoms with van der Waals surface area (Å²) in [6.45, 7) is 7.26. The molecule has 0 amide bonds. The van der Waals surface area contributed by atoms with Gasteiger partial charge in [-0.3, -0.25) is 16.0 Å². The summed E-state index contributed by atoms with van der Waals surface area (Å²) in [7, 11) is 0. The van der Waals surface area contributed by atoms with Crippen molar-refractivity contribution < 1.29 is 0 Å². The van der Waals surface area contributed by atoms with Crippen molar-refractivity contribution in [1.82, 2.24) is 20.2 Å². The second-order valence-corrected chi connectivity index (χ2v) is 5.24. The van der Waals surface area contributed by atoms with Crippen LogP contribution in [0.1, 0.15) is 49.7 Å². The number of rotatable bonds is 6. The van der Waals surface area contributed by atoms with Gasteiger partial charge in [-0.05, 0) is 24.0 Å². The van der Waals surface area contributed by atoms with Crippen molar-refractivity contribution >= 4 is 0 Å². The number of benzene rings is 1. The maximum Gasteiger partial charge on any atom is 0.138 e. The Morgan fingerprint density at radius 3 is 2.40 bits per heavy atom. The van der Waals surface area contributed by atoms with Gasteiger partial charge < -0.3 is 0 Å². The molecule has 0 aliphatic heterocycles. The van der Waals surface area contributed by atoms with Gasteiger partial charge in [0.05, 0.1) is 6.04 Å². The highest BCUT2D eigenvalue weighted by Gasteiger charge is 2.14. The molecule has 1 aromatic heterocycles. The molecule has 0 bridgehead atoms. The van der Waals surface area contributed by atoms with E-state index >= 15 is 0 Å². The smallest absolute Gasteiger partial charge is 0.138 e.